The summed E-state index contributed by atoms with van der Waals surface area (Å²) >= 11 is 5.30. The molecule has 0 aromatic rings. The molecule has 2 atom stereocenters. The first-order chi connectivity index (χ1) is 6.81. The Labute approximate surface area is 97.7 Å². The normalized spacial score (nSPS) is 35.7. The summed E-state index contributed by atoms with van der Waals surface area (Å²) in [7, 11) is 0. The largest absolute Gasteiger partial charge is 0.327 e. The molecule has 15 heavy (non-hydrogen) atoms. The van der Waals surface area contributed by atoms with E-state index in [9.17, 15) is 0 Å². The van der Waals surface area contributed by atoms with Crippen LogP contribution in [-0.4, -0.2) is 19.3 Å². The van der Waals surface area contributed by atoms with Gasteiger partial charge in [0.15, 0.2) is 0 Å². The maximum absolute atomic E-state index is 5.87. The second-order valence-corrected chi connectivity index (χ2v) is 7.86. The van der Waals surface area contributed by atoms with E-state index in [1.54, 1.807) is 0 Å². The Balaban J connectivity index is 2.79. The first-order valence-corrected chi connectivity index (χ1v) is 7.94. The van der Waals surface area contributed by atoms with Crippen LogP contribution in [0.4, 0.5) is 0 Å². The van der Waals surface area contributed by atoms with Crippen LogP contribution in [0.1, 0.15) is 34.6 Å². The Kier molecular flexibility index (Phi) is 4.35. The number of hydrogen-bond acceptors (Lipinski definition) is 4. The molecule has 0 aromatic carbocycles. The molecule has 0 aromatic heterocycles. The molecule has 1 saturated heterocycles. The van der Waals surface area contributed by atoms with Gasteiger partial charge in [-0.05, 0) is 24.6 Å². The van der Waals surface area contributed by atoms with Crippen LogP contribution in [0.25, 0.3) is 0 Å². The quantitative estimate of drug-likeness (QED) is 0.720. The van der Waals surface area contributed by atoms with Crippen molar-refractivity contribution in [3.05, 3.63) is 0 Å². The van der Waals surface area contributed by atoms with Gasteiger partial charge >= 0.3 is 6.72 Å². The lowest BCUT2D eigenvalue weighted by molar-refractivity contribution is -0.0561. The van der Waals surface area contributed by atoms with Crippen molar-refractivity contribution in [2.75, 3.05) is 13.2 Å². The van der Waals surface area contributed by atoms with Gasteiger partial charge in [0.2, 0.25) is 0 Å². The summed E-state index contributed by atoms with van der Waals surface area (Å²) < 4.78 is 16.9. The van der Waals surface area contributed by atoms with E-state index < -0.39 is 6.72 Å². The monoisotopic (exact) mass is 252 g/mol. The molecule has 2 unspecified atom stereocenters. The molecule has 3 nitrogen and oxygen atoms in total. The average molecular weight is 252 g/mol. The lowest BCUT2D eigenvalue weighted by atomic mass is 9.81. The predicted molar refractivity (Wildman–Crippen MR) is 65.4 cm³/mol. The van der Waals surface area contributed by atoms with Gasteiger partial charge in [-0.2, -0.15) is 0 Å². The molecule has 0 radical (unpaired) electrons. The van der Waals surface area contributed by atoms with Gasteiger partial charge in [0.25, 0.3) is 0 Å². The maximum atomic E-state index is 5.87. The van der Waals surface area contributed by atoms with Crippen molar-refractivity contribution in [1.29, 1.82) is 0 Å². The van der Waals surface area contributed by atoms with E-state index in [4.69, 9.17) is 25.4 Å². The lowest BCUT2D eigenvalue weighted by Gasteiger charge is -2.44. The van der Waals surface area contributed by atoms with Crippen LogP contribution in [0.2, 0.25) is 0 Å². The molecular weight excluding hydrogens is 231 g/mol. The second kappa shape index (κ2) is 4.80. The van der Waals surface area contributed by atoms with Crippen LogP contribution in [0.5, 0.6) is 0 Å². The van der Waals surface area contributed by atoms with Crippen LogP contribution in [0.3, 0.4) is 0 Å². The van der Waals surface area contributed by atoms with Gasteiger partial charge in [0, 0.05) is 5.41 Å². The van der Waals surface area contributed by atoms with Gasteiger partial charge in [-0.15, -0.1) is 0 Å². The summed E-state index contributed by atoms with van der Waals surface area (Å²) in [5.41, 5.74) is 0.00752. The third-order valence-corrected chi connectivity index (χ3v) is 4.90. The standard InChI is InChI=1S/C10H21O3PS/c1-6-11-14(15)12-7-10(4,5)9(13-14)8(2)3/h8-9H,6-7H2,1-5H3. The van der Waals surface area contributed by atoms with Gasteiger partial charge in [-0.3, -0.25) is 0 Å². The number of hydrogen-bond donors (Lipinski definition) is 0. The van der Waals surface area contributed by atoms with E-state index in [2.05, 4.69) is 27.7 Å². The fourth-order valence-electron chi connectivity index (χ4n) is 1.89. The molecule has 0 saturated carbocycles. The lowest BCUT2D eigenvalue weighted by Crippen LogP contribution is -2.42. The summed E-state index contributed by atoms with van der Waals surface area (Å²) in [6.45, 7) is 9.17. The zero-order valence-electron chi connectivity index (χ0n) is 10.1. The van der Waals surface area contributed by atoms with Gasteiger partial charge in [-0.1, -0.05) is 27.7 Å². The molecular formula is C10H21O3PS. The highest BCUT2D eigenvalue weighted by atomic mass is 32.5. The molecule has 90 valence electrons. The topological polar surface area (TPSA) is 27.7 Å². The molecule has 0 spiro atoms. The zero-order valence-corrected chi connectivity index (χ0v) is 11.9. The minimum Gasteiger partial charge on any atom is -0.309 e. The third-order valence-electron chi connectivity index (χ3n) is 2.50. The zero-order chi connectivity index (χ0) is 11.7. The molecule has 0 aliphatic carbocycles. The van der Waals surface area contributed by atoms with Gasteiger partial charge < -0.3 is 13.6 Å². The molecule has 1 heterocycles. The van der Waals surface area contributed by atoms with Crippen LogP contribution in [0.15, 0.2) is 0 Å². The van der Waals surface area contributed by atoms with Crippen LogP contribution >= 0.6 is 6.72 Å². The third kappa shape index (κ3) is 3.24. The van der Waals surface area contributed by atoms with E-state index in [1.165, 1.54) is 0 Å². The van der Waals surface area contributed by atoms with E-state index in [0.29, 0.717) is 19.1 Å². The molecule has 1 fully saturated rings. The molecule has 0 N–H and O–H groups in total. The van der Waals surface area contributed by atoms with Gasteiger partial charge in [0.05, 0.1) is 19.3 Å². The molecule has 1 rings (SSSR count). The summed E-state index contributed by atoms with van der Waals surface area (Å²) in [6.07, 6.45) is 0.114. The molecule has 1 aliphatic heterocycles. The predicted octanol–water partition coefficient (Wildman–Crippen LogP) is 3.35. The van der Waals surface area contributed by atoms with Crippen molar-refractivity contribution >= 4 is 18.5 Å². The van der Waals surface area contributed by atoms with E-state index >= 15 is 0 Å². The van der Waals surface area contributed by atoms with Crippen LogP contribution in [0, 0.1) is 11.3 Å². The molecule has 5 heteroatoms. The average Bonchev–Trinajstić information content (AvgIpc) is 2.10. The van der Waals surface area contributed by atoms with E-state index in [-0.39, 0.29) is 11.5 Å². The van der Waals surface area contributed by atoms with Crippen LogP contribution in [-0.2, 0) is 25.4 Å². The highest BCUT2D eigenvalue weighted by Crippen LogP contribution is 2.58. The van der Waals surface area contributed by atoms with Crippen LogP contribution < -0.4 is 0 Å². The smallest absolute Gasteiger partial charge is 0.309 e. The SMILES string of the molecule is CCOP1(=S)OCC(C)(C)C(C(C)C)O1. The Bertz CT molecular complexity index is 265. The Morgan fingerprint density at radius 1 is 1.53 bits per heavy atom. The molecule has 0 amide bonds. The van der Waals surface area contributed by atoms with Crippen molar-refractivity contribution in [1.82, 2.24) is 0 Å². The fraction of sp³-hybridized carbons (Fsp3) is 1.00. The number of rotatable bonds is 3. The van der Waals surface area contributed by atoms with Crippen molar-refractivity contribution in [2.24, 2.45) is 11.3 Å². The first-order valence-electron chi connectivity index (χ1n) is 5.38. The summed E-state index contributed by atoms with van der Waals surface area (Å²) in [4.78, 5) is 0. The molecule has 1 aliphatic rings. The summed E-state index contributed by atoms with van der Waals surface area (Å²) in [5, 5.41) is 0. The van der Waals surface area contributed by atoms with Crippen molar-refractivity contribution < 1.29 is 13.6 Å². The van der Waals surface area contributed by atoms with Crippen molar-refractivity contribution in [3.8, 4) is 0 Å². The van der Waals surface area contributed by atoms with E-state index in [0.717, 1.165) is 0 Å². The first kappa shape index (κ1) is 13.6. The van der Waals surface area contributed by atoms with Gasteiger partial charge in [0.1, 0.15) is 0 Å². The maximum Gasteiger partial charge on any atom is 0.327 e. The summed E-state index contributed by atoms with van der Waals surface area (Å²) in [6, 6.07) is 0. The van der Waals surface area contributed by atoms with Gasteiger partial charge in [-0.25, -0.2) is 0 Å². The minimum absolute atomic E-state index is 0.00752. The fourth-order valence-corrected chi connectivity index (χ4v) is 4.45. The highest BCUT2D eigenvalue weighted by Gasteiger charge is 2.43. The molecule has 0 bridgehead atoms. The van der Waals surface area contributed by atoms with E-state index in [1.807, 2.05) is 6.92 Å². The Hall–Kier alpha value is 0.530. The minimum atomic E-state index is -2.47. The van der Waals surface area contributed by atoms with Crippen molar-refractivity contribution in [2.45, 2.75) is 40.7 Å². The highest BCUT2D eigenvalue weighted by molar-refractivity contribution is 8.07. The Morgan fingerprint density at radius 2 is 2.13 bits per heavy atom. The Morgan fingerprint density at radius 3 is 2.60 bits per heavy atom. The second-order valence-electron chi connectivity index (χ2n) is 4.90. The van der Waals surface area contributed by atoms with Crippen molar-refractivity contribution in [3.63, 3.8) is 0 Å². The summed E-state index contributed by atoms with van der Waals surface area (Å²) in [5.74, 6) is 0.423.